The van der Waals surface area contributed by atoms with Gasteiger partial charge in [-0.2, -0.15) is 0 Å². The van der Waals surface area contributed by atoms with Gasteiger partial charge in [0.2, 0.25) is 11.7 Å². The van der Waals surface area contributed by atoms with Crippen molar-refractivity contribution in [3.05, 3.63) is 47.0 Å². The average Bonchev–Trinajstić information content (AvgIpc) is 3.32. The number of benzene rings is 2. The van der Waals surface area contributed by atoms with Crippen LogP contribution < -0.4 is 24.8 Å². The Morgan fingerprint density at radius 2 is 1.81 bits per heavy atom. The zero-order valence-corrected chi connectivity index (χ0v) is 19.3. The van der Waals surface area contributed by atoms with Crippen molar-refractivity contribution in [3.63, 3.8) is 0 Å². The lowest BCUT2D eigenvalue weighted by molar-refractivity contribution is 0.0974. The summed E-state index contributed by atoms with van der Waals surface area (Å²) in [7, 11) is 4.54. The predicted molar refractivity (Wildman–Crippen MR) is 124 cm³/mol. The van der Waals surface area contributed by atoms with Crippen LogP contribution in [0.25, 0.3) is 0 Å². The molecule has 0 saturated carbocycles. The number of methoxy groups -OCH3 is 3. The van der Waals surface area contributed by atoms with Crippen LogP contribution in [0.3, 0.4) is 0 Å². The molecule has 1 heterocycles. The number of aryl methyl sites for hydroxylation is 2. The minimum Gasteiger partial charge on any atom is -0.493 e. The first kappa shape index (κ1) is 23.4. The van der Waals surface area contributed by atoms with Gasteiger partial charge in [-0.15, -0.1) is 0 Å². The zero-order chi connectivity index (χ0) is 23.1. The van der Waals surface area contributed by atoms with Gasteiger partial charge in [-0.1, -0.05) is 12.1 Å². The lowest BCUT2D eigenvalue weighted by Gasteiger charge is -2.17. The van der Waals surface area contributed by atoms with E-state index in [0.717, 1.165) is 36.3 Å². The Kier molecular flexibility index (Phi) is 7.94. The third-order valence-electron chi connectivity index (χ3n) is 5.28. The van der Waals surface area contributed by atoms with E-state index in [1.165, 1.54) is 21.3 Å². The number of nitrogens with one attached hydrogen (secondary N) is 2. The molecule has 0 aromatic heterocycles. The van der Waals surface area contributed by atoms with E-state index < -0.39 is 0 Å². The maximum absolute atomic E-state index is 13.1. The quantitative estimate of drug-likeness (QED) is 0.503. The Morgan fingerprint density at radius 3 is 2.41 bits per heavy atom. The number of aliphatic imine (C=N–C) groups is 1. The summed E-state index contributed by atoms with van der Waals surface area (Å²) in [6.45, 7) is 5.23. The van der Waals surface area contributed by atoms with Crippen molar-refractivity contribution in [2.75, 3.05) is 39.8 Å². The predicted octanol–water partition coefficient (Wildman–Crippen LogP) is 3.71. The van der Waals surface area contributed by atoms with Crippen LogP contribution in [0.4, 0.5) is 5.69 Å². The summed E-state index contributed by atoms with van der Waals surface area (Å²) in [5, 5.41) is 6.15. The van der Waals surface area contributed by atoms with Gasteiger partial charge in [-0.3, -0.25) is 10.1 Å². The normalized spacial score (nSPS) is 15.9. The standard InChI is InChI=1S/C24H31N3O5/c1-15-8-9-16(2)19(11-15)26-24(25-14-18-7-6-10-32-18)27-23(28)17-12-20(29-3)22(31-5)21(13-17)30-4/h8-9,11-13,18H,6-7,10,14H2,1-5H3,(H2,25,26,27,28)/t18-/m1/s1. The highest BCUT2D eigenvalue weighted by molar-refractivity contribution is 6.10. The number of ether oxygens (including phenoxy) is 4. The summed E-state index contributed by atoms with van der Waals surface area (Å²) in [6.07, 6.45) is 2.04. The number of nitrogens with zero attached hydrogens (tertiary/aromatic N) is 1. The fraction of sp³-hybridized carbons (Fsp3) is 0.417. The number of carbonyl (C=O) groups is 1. The molecule has 0 unspecified atom stereocenters. The Bertz CT molecular complexity index is 959. The SMILES string of the molecule is COc1cc(C(=O)NC(=NC[C@H]2CCCO2)Nc2cc(C)ccc2C)cc(OC)c1OC. The van der Waals surface area contributed by atoms with E-state index >= 15 is 0 Å². The van der Waals surface area contributed by atoms with Crippen molar-refractivity contribution in [2.24, 2.45) is 4.99 Å². The molecule has 172 valence electrons. The van der Waals surface area contributed by atoms with Gasteiger partial charge in [0.15, 0.2) is 11.5 Å². The smallest absolute Gasteiger partial charge is 0.258 e. The van der Waals surface area contributed by atoms with E-state index in [1.807, 2.05) is 32.0 Å². The minimum atomic E-state index is -0.354. The fourth-order valence-corrected chi connectivity index (χ4v) is 3.48. The number of amides is 1. The second-order valence-electron chi connectivity index (χ2n) is 7.64. The van der Waals surface area contributed by atoms with E-state index in [-0.39, 0.29) is 12.0 Å². The molecule has 2 aromatic carbocycles. The van der Waals surface area contributed by atoms with Gasteiger partial charge in [0.1, 0.15) is 0 Å². The summed E-state index contributed by atoms with van der Waals surface area (Å²) >= 11 is 0. The second-order valence-corrected chi connectivity index (χ2v) is 7.64. The molecule has 1 aliphatic rings. The lowest BCUT2D eigenvalue weighted by atomic mass is 10.1. The van der Waals surface area contributed by atoms with Crippen LogP contribution >= 0.6 is 0 Å². The van der Waals surface area contributed by atoms with Gasteiger partial charge in [0, 0.05) is 17.9 Å². The molecule has 1 amide bonds. The molecule has 2 N–H and O–H groups in total. The average molecular weight is 442 g/mol. The molecule has 0 bridgehead atoms. The van der Waals surface area contributed by atoms with Gasteiger partial charge in [-0.25, -0.2) is 4.99 Å². The number of carbonyl (C=O) groups excluding carboxylic acids is 1. The number of guanidine groups is 1. The summed E-state index contributed by atoms with van der Waals surface area (Å²) in [6, 6.07) is 9.29. The van der Waals surface area contributed by atoms with E-state index in [0.29, 0.717) is 35.3 Å². The number of anilines is 1. The van der Waals surface area contributed by atoms with Gasteiger partial charge in [0.05, 0.1) is 34.0 Å². The third-order valence-corrected chi connectivity index (χ3v) is 5.28. The molecule has 1 aliphatic heterocycles. The highest BCUT2D eigenvalue weighted by atomic mass is 16.5. The highest BCUT2D eigenvalue weighted by Crippen LogP contribution is 2.38. The van der Waals surface area contributed by atoms with Crippen molar-refractivity contribution < 1.29 is 23.7 Å². The third kappa shape index (κ3) is 5.70. The summed E-state index contributed by atoms with van der Waals surface area (Å²) < 4.78 is 21.8. The molecule has 1 atom stereocenters. The monoisotopic (exact) mass is 441 g/mol. The van der Waals surface area contributed by atoms with Crippen LogP contribution in [-0.2, 0) is 4.74 Å². The first-order valence-electron chi connectivity index (χ1n) is 10.6. The molecule has 32 heavy (non-hydrogen) atoms. The van der Waals surface area contributed by atoms with Crippen molar-refractivity contribution >= 4 is 17.6 Å². The Hall–Kier alpha value is -3.26. The Balaban J connectivity index is 1.87. The van der Waals surface area contributed by atoms with Crippen molar-refractivity contribution in [3.8, 4) is 17.2 Å². The largest absolute Gasteiger partial charge is 0.493 e. The van der Waals surface area contributed by atoms with Crippen LogP contribution in [0, 0.1) is 13.8 Å². The molecule has 8 nitrogen and oxygen atoms in total. The summed E-state index contributed by atoms with van der Waals surface area (Å²) in [5.74, 6) is 1.23. The molecule has 8 heteroatoms. The molecule has 0 aliphatic carbocycles. The molecule has 2 aromatic rings. The molecule has 0 radical (unpaired) electrons. The summed E-state index contributed by atoms with van der Waals surface area (Å²) in [4.78, 5) is 17.7. The second kappa shape index (κ2) is 10.9. The van der Waals surface area contributed by atoms with Crippen LogP contribution in [-0.4, -0.2) is 52.5 Å². The maximum atomic E-state index is 13.1. The molecule has 0 spiro atoms. The van der Waals surface area contributed by atoms with E-state index in [9.17, 15) is 4.79 Å². The van der Waals surface area contributed by atoms with Crippen LogP contribution in [0.5, 0.6) is 17.2 Å². The molecule has 1 fully saturated rings. The molecular weight excluding hydrogens is 410 g/mol. The molecular formula is C24H31N3O5. The van der Waals surface area contributed by atoms with Gasteiger partial charge >= 0.3 is 0 Å². The number of hydrogen-bond acceptors (Lipinski definition) is 6. The maximum Gasteiger partial charge on any atom is 0.258 e. The number of rotatable bonds is 7. The Morgan fingerprint density at radius 1 is 1.09 bits per heavy atom. The molecule has 1 saturated heterocycles. The number of hydrogen-bond donors (Lipinski definition) is 2. The van der Waals surface area contributed by atoms with Crippen molar-refractivity contribution in [2.45, 2.75) is 32.8 Å². The van der Waals surface area contributed by atoms with Crippen molar-refractivity contribution in [1.82, 2.24) is 5.32 Å². The van der Waals surface area contributed by atoms with Crippen LogP contribution in [0.1, 0.15) is 34.3 Å². The van der Waals surface area contributed by atoms with E-state index in [2.05, 4.69) is 15.6 Å². The first-order chi connectivity index (χ1) is 15.4. The first-order valence-corrected chi connectivity index (χ1v) is 10.6. The highest BCUT2D eigenvalue weighted by Gasteiger charge is 2.19. The fourth-order valence-electron chi connectivity index (χ4n) is 3.48. The lowest BCUT2D eigenvalue weighted by Crippen LogP contribution is -2.37. The van der Waals surface area contributed by atoms with Gasteiger partial charge < -0.3 is 24.3 Å². The van der Waals surface area contributed by atoms with Crippen LogP contribution in [0.15, 0.2) is 35.3 Å². The van der Waals surface area contributed by atoms with Crippen molar-refractivity contribution in [1.29, 1.82) is 0 Å². The van der Waals surface area contributed by atoms with Gasteiger partial charge in [-0.05, 0) is 56.0 Å². The van der Waals surface area contributed by atoms with E-state index in [4.69, 9.17) is 18.9 Å². The van der Waals surface area contributed by atoms with E-state index in [1.54, 1.807) is 12.1 Å². The Labute approximate surface area is 188 Å². The van der Waals surface area contributed by atoms with Gasteiger partial charge in [0.25, 0.3) is 5.91 Å². The van der Waals surface area contributed by atoms with Crippen LogP contribution in [0.2, 0.25) is 0 Å². The summed E-state index contributed by atoms with van der Waals surface area (Å²) in [5.41, 5.74) is 3.38. The molecule has 3 rings (SSSR count). The topological polar surface area (TPSA) is 90.4 Å². The minimum absolute atomic E-state index is 0.0588. The zero-order valence-electron chi connectivity index (χ0n) is 19.3.